The number of urea groups is 1. The van der Waals surface area contributed by atoms with Gasteiger partial charge >= 0.3 is 6.03 Å². The summed E-state index contributed by atoms with van der Waals surface area (Å²) in [6.07, 6.45) is 1.42. The minimum atomic E-state index is -2.37. The number of benzene rings is 2. The van der Waals surface area contributed by atoms with Crippen LogP contribution in [0.25, 0.3) is 0 Å². The van der Waals surface area contributed by atoms with Crippen LogP contribution in [0.5, 0.6) is 17.2 Å². The molecule has 0 bridgehead atoms. The molecule has 1 saturated carbocycles. The molecule has 2 aromatic carbocycles. The van der Waals surface area contributed by atoms with E-state index in [-0.39, 0.29) is 41.6 Å². The van der Waals surface area contributed by atoms with Crippen molar-refractivity contribution in [2.24, 2.45) is 5.92 Å². The number of pyridine rings is 1. The van der Waals surface area contributed by atoms with Crippen molar-refractivity contribution in [2.75, 3.05) is 23.3 Å². The summed E-state index contributed by atoms with van der Waals surface area (Å²) in [6, 6.07) is 10.8. The summed E-state index contributed by atoms with van der Waals surface area (Å²) in [4.78, 5) is 16.6. The third kappa shape index (κ3) is 4.62. The minimum Gasteiger partial charge on any atom is -0.755 e. The molecule has 9 nitrogen and oxygen atoms in total. The molecule has 1 aliphatic heterocycles. The smallest absolute Gasteiger partial charge is 0.320 e. The molecular weight excluding hydrogens is 482 g/mol. The highest BCUT2D eigenvalue weighted by Crippen LogP contribution is 2.55. The molecule has 2 N–H and O–H groups in total. The molecule has 1 unspecified atom stereocenters. The Bertz CT molecular complexity index is 1290. The second kappa shape index (κ2) is 9.12. The van der Waals surface area contributed by atoms with Crippen LogP contribution in [0, 0.1) is 17.6 Å². The Morgan fingerprint density at radius 1 is 1.14 bits per heavy atom. The van der Waals surface area contributed by atoms with Crippen LogP contribution in [0.15, 0.2) is 54.7 Å². The van der Waals surface area contributed by atoms with Crippen LogP contribution >= 0.6 is 0 Å². The van der Waals surface area contributed by atoms with Gasteiger partial charge < -0.3 is 23.6 Å². The monoisotopic (exact) mass is 501 g/mol. The lowest BCUT2D eigenvalue weighted by atomic mass is 10.0. The van der Waals surface area contributed by atoms with Crippen molar-refractivity contribution < 1.29 is 31.8 Å². The lowest BCUT2D eigenvalue weighted by molar-refractivity contribution is 0.247. The van der Waals surface area contributed by atoms with Crippen molar-refractivity contribution in [3.63, 3.8) is 0 Å². The van der Waals surface area contributed by atoms with Gasteiger partial charge in [-0.25, -0.2) is 18.6 Å². The predicted molar refractivity (Wildman–Crippen MR) is 122 cm³/mol. The van der Waals surface area contributed by atoms with Gasteiger partial charge in [0.15, 0.2) is 11.6 Å². The number of amides is 2. The van der Waals surface area contributed by atoms with Crippen LogP contribution in [0.4, 0.5) is 25.1 Å². The van der Waals surface area contributed by atoms with Crippen LogP contribution in [-0.2, 0) is 11.3 Å². The van der Waals surface area contributed by atoms with E-state index in [1.807, 2.05) is 0 Å². The number of hydrogen-bond donors (Lipinski definition) is 2. The van der Waals surface area contributed by atoms with E-state index >= 15 is 0 Å². The Hall–Kier alpha value is -3.77. The average Bonchev–Trinajstić information content (AvgIpc) is 3.54. The van der Waals surface area contributed by atoms with Crippen LogP contribution in [0.3, 0.4) is 0 Å². The van der Waals surface area contributed by atoms with E-state index in [0.29, 0.717) is 17.2 Å². The number of hydrogen-bond acceptors (Lipinski definition) is 6. The molecule has 0 saturated heterocycles. The first kappa shape index (κ1) is 23.0. The van der Waals surface area contributed by atoms with E-state index in [0.717, 1.165) is 16.4 Å². The molecule has 3 aromatic rings. The molecular formula is C23H19F2N4O5S-. The summed E-state index contributed by atoms with van der Waals surface area (Å²) in [5, 5.41) is 5.38. The summed E-state index contributed by atoms with van der Waals surface area (Å²) in [7, 11) is 1.42. The molecule has 2 heterocycles. The van der Waals surface area contributed by atoms with Crippen molar-refractivity contribution in [1.29, 1.82) is 0 Å². The second-order valence-electron chi connectivity index (χ2n) is 8.09. The second-order valence-corrected chi connectivity index (χ2v) is 9.07. The molecule has 5 rings (SSSR count). The number of rotatable bonds is 6. The number of nitrogens with zero attached hydrogens (tertiary/aromatic N) is 2. The quantitative estimate of drug-likeness (QED) is 0.498. The van der Waals surface area contributed by atoms with E-state index in [1.165, 1.54) is 13.2 Å². The van der Waals surface area contributed by atoms with Crippen LogP contribution in [0.2, 0.25) is 0 Å². The zero-order valence-corrected chi connectivity index (χ0v) is 19.1. The molecule has 1 aliphatic carbocycles. The SMILES string of the molecule is CN(c1ccc(Oc2ccc(NC(=O)N[C@@H]3[C@@H]4COc5c(F)ccc(F)c5[C@@H]43)nc2)cc1)S(=O)[O-]. The fourth-order valence-corrected chi connectivity index (χ4v) is 4.42. The summed E-state index contributed by atoms with van der Waals surface area (Å²) >= 11 is -2.37. The number of aromatic nitrogens is 1. The van der Waals surface area contributed by atoms with Crippen molar-refractivity contribution in [1.82, 2.24) is 10.3 Å². The number of anilines is 2. The summed E-state index contributed by atoms with van der Waals surface area (Å²) < 4.78 is 62.3. The molecule has 35 heavy (non-hydrogen) atoms. The first-order valence-corrected chi connectivity index (χ1v) is 11.6. The summed E-state index contributed by atoms with van der Waals surface area (Å²) in [5.41, 5.74) is 0.639. The van der Waals surface area contributed by atoms with E-state index in [2.05, 4.69) is 15.6 Å². The van der Waals surface area contributed by atoms with E-state index < -0.39 is 28.9 Å². The van der Waals surface area contributed by atoms with Crippen LogP contribution in [-0.4, -0.2) is 39.5 Å². The van der Waals surface area contributed by atoms with E-state index in [1.54, 1.807) is 36.4 Å². The van der Waals surface area contributed by atoms with Gasteiger partial charge in [0.25, 0.3) is 0 Å². The first-order chi connectivity index (χ1) is 16.8. The maximum atomic E-state index is 14.2. The standard InChI is InChI=1S/C23H20F2N4O5S/c1-29(35(31)32)12-2-4-13(5-3-12)34-14-6-9-18(26-10-14)27-23(30)28-21-15-11-33-22-17(25)8-7-16(24)20(22)19(15)21/h2-10,15,19,21H,11H2,1H3,(H,31,32)(H2,26,27,28,30)/p-1/t15-,19-,21-/m1/s1. The summed E-state index contributed by atoms with van der Waals surface area (Å²) in [6.45, 7) is 0.194. The molecule has 182 valence electrons. The number of halogens is 2. The van der Waals surface area contributed by atoms with Gasteiger partial charge in [0.2, 0.25) is 0 Å². The minimum absolute atomic E-state index is 0.0877. The van der Waals surface area contributed by atoms with Crippen molar-refractivity contribution in [3.8, 4) is 17.2 Å². The van der Waals surface area contributed by atoms with Crippen molar-refractivity contribution >= 4 is 28.8 Å². The number of ether oxygens (including phenoxy) is 2. The molecule has 0 radical (unpaired) electrons. The highest BCUT2D eigenvalue weighted by Gasteiger charge is 2.57. The van der Waals surface area contributed by atoms with Gasteiger partial charge in [-0.05, 0) is 48.5 Å². The Labute approximate surface area is 201 Å². The highest BCUT2D eigenvalue weighted by molar-refractivity contribution is 7.80. The van der Waals surface area contributed by atoms with Gasteiger partial charge in [-0.2, -0.15) is 0 Å². The number of fused-ring (bicyclic) bond motifs is 3. The Kier molecular flexibility index (Phi) is 5.99. The molecule has 12 heteroatoms. The van der Waals surface area contributed by atoms with Crippen molar-refractivity contribution in [2.45, 2.75) is 12.0 Å². The highest BCUT2D eigenvalue weighted by atomic mass is 32.2. The molecule has 1 fully saturated rings. The Balaban J connectivity index is 1.17. The Morgan fingerprint density at radius 2 is 1.86 bits per heavy atom. The lowest BCUT2D eigenvalue weighted by Crippen LogP contribution is -2.32. The number of nitrogens with one attached hydrogen (secondary N) is 2. The molecule has 4 atom stereocenters. The van der Waals surface area contributed by atoms with Gasteiger partial charge in [0, 0.05) is 47.4 Å². The maximum absolute atomic E-state index is 14.2. The molecule has 0 spiro atoms. The van der Waals surface area contributed by atoms with Crippen molar-refractivity contribution in [3.05, 3.63) is 71.9 Å². The predicted octanol–water partition coefficient (Wildman–Crippen LogP) is 3.68. The first-order valence-electron chi connectivity index (χ1n) is 10.6. The largest absolute Gasteiger partial charge is 0.755 e. The van der Waals surface area contributed by atoms with Gasteiger partial charge in [0.1, 0.15) is 23.1 Å². The topological polar surface area (TPSA) is 116 Å². The maximum Gasteiger partial charge on any atom is 0.320 e. The zero-order chi connectivity index (χ0) is 24.7. The van der Waals surface area contributed by atoms with Gasteiger partial charge in [-0.15, -0.1) is 0 Å². The number of carbonyl (C=O) groups excluding carboxylic acids is 1. The average molecular weight is 501 g/mol. The molecule has 2 amide bonds. The van der Waals surface area contributed by atoms with Crippen LogP contribution in [0.1, 0.15) is 11.5 Å². The van der Waals surface area contributed by atoms with Crippen LogP contribution < -0.4 is 24.4 Å². The fourth-order valence-electron chi connectivity index (χ4n) is 4.12. The molecule has 2 aliphatic rings. The third-order valence-corrected chi connectivity index (χ3v) is 6.61. The Morgan fingerprint density at radius 3 is 2.54 bits per heavy atom. The van der Waals surface area contributed by atoms with Gasteiger partial charge in [-0.1, -0.05) is 0 Å². The van der Waals surface area contributed by atoms with Gasteiger partial charge in [-0.3, -0.25) is 9.53 Å². The fraction of sp³-hybridized carbons (Fsp3) is 0.217. The van der Waals surface area contributed by atoms with Gasteiger partial charge in [0.05, 0.1) is 12.8 Å². The normalized spacial score (nSPS) is 20.5. The molecule has 1 aromatic heterocycles. The third-order valence-electron chi connectivity index (χ3n) is 5.95. The lowest BCUT2D eigenvalue weighted by Gasteiger charge is -2.21. The summed E-state index contributed by atoms with van der Waals surface area (Å²) in [5.74, 6) is -0.594. The number of carbonyl (C=O) groups is 1. The van der Waals surface area contributed by atoms with E-state index in [9.17, 15) is 22.3 Å². The zero-order valence-electron chi connectivity index (χ0n) is 18.2. The van der Waals surface area contributed by atoms with E-state index in [4.69, 9.17) is 9.47 Å².